The quantitative estimate of drug-likeness (QED) is 0.275. The second kappa shape index (κ2) is 8.94. The molecular weight excluding hydrogens is 469 g/mol. The number of nitrogens with one attached hydrogen (secondary N) is 3. The van der Waals surface area contributed by atoms with Crippen LogP contribution < -0.4 is 5.32 Å². The lowest BCUT2D eigenvalue weighted by molar-refractivity contribution is -0.118. The maximum atomic E-state index is 13.9. The first-order chi connectivity index (χ1) is 18.0. The molecule has 8 nitrogen and oxygen atoms in total. The molecule has 6 rings (SSSR count). The Morgan fingerprint density at radius 2 is 1.78 bits per heavy atom. The summed E-state index contributed by atoms with van der Waals surface area (Å²) >= 11 is 0. The van der Waals surface area contributed by atoms with E-state index in [-0.39, 0.29) is 17.6 Å². The summed E-state index contributed by atoms with van der Waals surface area (Å²) < 4.78 is 13.9. The first kappa shape index (κ1) is 22.5. The number of rotatable bonds is 5. The van der Waals surface area contributed by atoms with Gasteiger partial charge in [0.05, 0.1) is 23.3 Å². The van der Waals surface area contributed by atoms with Crippen molar-refractivity contribution in [1.29, 1.82) is 0 Å². The number of carbonyl (C=O) groups excluding carboxylic acids is 1. The Morgan fingerprint density at radius 1 is 0.919 bits per heavy atom. The number of halogens is 1. The fourth-order valence-electron chi connectivity index (χ4n) is 4.27. The van der Waals surface area contributed by atoms with Crippen LogP contribution in [0.4, 0.5) is 10.1 Å². The monoisotopic (exact) mass is 491 g/mol. The van der Waals surface area contributed by atoms with E-state index in [0.717, 1.165) is 33.1 Å². The summed E-state index contributed by atoms with van der Waals surface area (Å²) in [4.78, 5) is 28.9. The Hall–Kier alpha value is -4.92. The maximum absolute atomic E-state index is 13.9. The predicted octanol–water partition coefficient (Wildman–Crippen LogP) is 5.96. The molecule has 1 aromatic carbocycles. The average Bonchev–Trinajstić information content (AvgIpc) is 3.52. The molecule has 0 aliphatic carbocycles. The van der Waals surface area contributed by atoms with Gasteiger partial charge in [-0.25, -0.2) is 9.37 Å². The van der Waals surface area contributed by atoms with E-state index >= 15 is 0 Å². The van der Waals surface area contributed by atoms with Crippen molar-refractivity contribution < 1.29 is 9.18 Å². The summed E-state index contributed by atoms with van der Waals surface area (Å²) in [5, 5.41) is 12.1. The number of aromatic amines is 2. The van der Waals surface area contributed by atoms with Gasteiger partial charge in [-0.15, -0.1) is 0 Å². The van der Waals surface area contributed by atoms with E-state index in [1.807, 2.05) is 44.2 Å². The van der Waals surface area contributed by atoms with Crippen LogP contribution >= 0.6 is 0 Å². The number of amides is 1. The number of anilines is 1. The smallest absolute Gasteiger partial charge is 0.226 e. The molecule has 0 atom stereocenters. The van der Waals surface area contributed by atoms with Crippen LogP contribution in [0.5, 0.6) is 0 Å². The fourth-order valence-corrected chi connectivity index (χ4v) is 4.27. The van der Waals surface area contributed by atoms with Gasteiger partial charge < -0.3 is 10.3 Å². The van der Waals surface area contributed by atoms with E-state index in [0.29, 0.717) is 28.3 Å². The predicted molar refractivity (Wildman–Crippen MR) is 141 cm³/mol. The van der Waals surface area contributed by atoms with Crippen molar-refractivity contribution in [2.24, 2.45) is 5.92 Å². The molecule has 0 fully saturated rings. The van der Waals surface area contributed by atoms with Gasteiger partial charge in [0.2, 0.25) is 5.91 Å². The molecule has 0 aliphatic rings. The first-order valence-electron chi connectivity index (χ1n) is 11.8. The molecule has 37 heavy (non-hydrogen) atoms. The van der Waals surface area contributed by atoms with Gasteiger partial charge in [0.1, 0.15) is 11.5 Å². The van der Waals surface area contributed by atoms with Gasteiger partial charge in [-0.2, -0.15) is 5.10 Å². The van der Waals surface area contributed by atoms with Crippen molar-refractivity contribution in [2.75, 3.05) is 5.32 Å². The van der Waals surface area contributed by atoms with Gasteiger partial charge >= 0.3 is 0 Å². The van der Waals surface area contributed by atoms with Crippen LogP contribution in [0.3, 0.4) is 0 Å². The highest BCUT2D eigenvalue weighted by atomic mass is 19.1. The largest absolute Gasteiger partial charge is 0.353 e. The molecule has 0 aliphatic heterocycles. The number of fused-ring (bicyclic) bond motifs is 2. The van der Waals surface area contributed by atoms with Gasteiger partial charge in [0, 0.05) is 57.5 Å². The van der Waals surface area contributed by atoms with E-state index in [2.05, 4.69) is 35.5 Å². The molecule has 0 spiro atoms. The third kappa shape index (κ3) is 4.20. The number of pyridine rings is 3. The number of aromatic nitrogens is 6. The number of carbonyl (C=O) groups is 1. The van der Waals surface area contributed by atoms with Gasteiger partial charge in [-0.3, -0.25) is 19.9 Å². The van der Waals surface area contributed by atoms with E-state index in [4.69, 9.17) is 0 Å². The Bertz CT molecular complexity index is 1790. The van der Waals surface area contributed by atoms with Crippen LogP contribution in [0.15, 0.2) is 73.3 Å². The van der Waals surface area contributed by atoms with Crippen LogP contribution in [0.2, 0.25) is 0 Å². The first-order valence-corrected chi connectivity index (χ1v) is 11.8. The van der Waals surface area contributed by atoms with Crippen molar-refractivity contribution in [3.8, 4) is 33.8 Å². The molecule has 0 saturated carbocycles. The van der Waals surface area contributed by atoms with Crippen LogP contribution in [0, 0.1) is 11.7 Å². The van der Waals surface area contributed by atoms with Crippen LogP contribution in [-0.4, -0.2) is 36.0 Å². The number of H-pyrrole nitrogens is 2. The molecule has 5 aromatic heterocycles. The minimum absolute atomic E-state index is 0.0736. The van der Waals surface area contributed by atoms with E-state index in [9.17, 15) is 9.18 Å². The fraction of sp³-hybridized carbons (Fsp3) is 0.107. The van der Waals surface area contributed by atoms with Crippen molar-refractivity contribution in [2.45, 2.75) is 13.8 Å². The normalized spacial score (nSPS) is 11.5. The highest BCUT2D eigenvalue weighted by Gasteiger charge is 2.16. The summed E-state index contributed by atoms with van der Waals surface area (Å²) in [6.45, 7) is 3.68. The Morgan fingerprint density at radius 3 is 2.62 bits per heavy atom. The summed E-state index contributed by atoms with van der Waals surface area (Å²) in [7, 11) is 0. The van der Waals surface area contributed by atoms with Crippen molar-refractivity contribution in [1.82, 2.24) is 30.1 Å². The molecule has 182 valence electrons. The van der Waals surface area contributed by atoms with Crippen molar-refractivity contribution in [3.05, 3.63) is 79.1 Å². The number of hydrogen-bond acceptors (Lipinski definition) is 5. The number of hydrogen-bond donors (Lipinski definition) is 3. The van der Waals surface area contributed by atoms with Crippen LogP contribution in [0.1, 0.15) is 13.8 Å². The Kier molecular flexibility index (Phi) is 5.45. The molecule has 0 unspecified atom stereocenters. The van der Waals surface area contributed by atoms with Gasteiger partial charge in [-0.1, -0.05) is 26.0 Å². The Labute approximate surface area is 211 Å². The van der Waals surface area contributed by atoms with E-state index < -0.39 is 0 Å². The number of nitrogens with zero attached hydrogens (tertiary/aromatic N) is 4. The zero-order valence-corrected chi connectivity index (χ0v) is 20.1. The second-order valence-electron chi connectivity index (χ2n) is 9.11. The Balaban J connectivity index is 1.41. The maximum Gasteiger partial charge on any atom is 0.226 e. The third-order valence-corrected chi connectivity index (χ3v) is 6.18. The van der Waals surface area contributed by atoms with E-state index in [1.165, 1.54) is 12.1 Å². The van der Waals surface area contributed by atoms with Gasteiger partial charge in [0.15, 0.2) is 5.65 Å². The molecule has 9 heteroatoms. The summed E-state index contributed by atoms with van der Waals surface area (Å²) in [6, 6.07) is 14.1. The minimum atomic E-state index is -0.314. The molecule has 5 heterocycles. The van der Waals surface area contributed by atoms with Gasteiger partial charge in [-0.05, 0) is 36.4 Å². The molecule has 1 amide bonds. The summed E-state index contributed by atoms with van der Waals surface area (Å²) in [5.41, 5.74) is 6.63. The molecular formula is C28H22FN7O. The van der Waals surface area contributed by atoms with E-state index in [1.54, 1.807) is 30.9 Å². The lowest BCUT2D eigenvalue weighted by Gasteiger charge is -2.09. The average molecular weight is 492 g/mol. The highest BCUT2D eigenvalue weighted by Crippen LogP contribution is 2.34. The molecule has 0 bridgehead atoms. The number of benzene rings is 1. The zero-order chi connectivity index (χ0) is 25.5. The molecule has 6 aromatic rings. The van der Waals surface area contributed by atoms with Gasteiger partial charge in [0.25, 0.3) is 0 Å². The lowest BCUT2D eigenvalue weighted by atomic mass is 10.1. The topological polar surface area (TPSA) is 112 Å². The van der Waals surface area contributed by atoms with Crippen molar-refractivity contribution >= 4 is 33.5 Å². The molecule has 3 N–H and O–H groups in total. The second-order valence-corrected chi connectivity index (χ2v) is 9.11. The molecule has 0 radical (unpaired) electrons. The molecule has 0 saturated heterocycles. The third-order valence-electron chi connectivity index (χ3n) is 6.18. The van der Waals surface area contributed by atoms with Crippen LogP contribution in [0.25, 0.3) is 55.7 Å². The minimum Gasteiger partial charge on any atom is -0.353 e. The lowest BCUT2D eigenvalue weighted by Crippen LogP contribution is -2.17. The standard InChI is InChI=1S/C28H22FN7O/c1-15(2)28(37)33-20-9-17(12-30-14-20)18-10-22-26(35-36-27(22)32-13-18)24-11-21-23(34-24)6-7-31-25(21)16-4-3-5-19(29)8-16/h3-15,34H,1-2H3,(H,33,37)(H,32,35,36). The summed E-state index contributed by atoms with van der Waals surface area (Å²) in [5.74, 6) is -0.523. The SMILES string of the molecule is CC(C)C(=O)Nc1cncc(-c2cnc3[nH]nc(-c4cc5c(-c6cccc(F)c6)nccc5[nH]4)c3c2)c1. The van der Waals surface area contributed by atoms with Crippen molar-refractivity contribution in [3.63, 3.8) is 0 Å². The zero-order valence-electron chi connectivity index (χ0n) is 20.1. The summed E-state index contributed by atoms with van der Waals surface area (Å²) in [6.07, 6.45) is 6.79. The highest BCUT2D eigenvalue weighted by molar-refractivity contribution is 6.00. The van der Waals surface area contributed by atoms with Crippen LogP contribution in [-0.2, 0) is 4.79 Å².